The van der Waals surface area contributed by atoms with Gasteiger partial charge >= 0.3 is 0 Å². The van der Waals surface area contributed by atoms with E-state index in [4.69, 9.17) is 10.5 Å². The Labute approximate surface area is 121 Å². The Morgan fingerprint density at radius 2 is 2.14 bits per heavy atom. The lowest BCUT2D eigenvalue weighted by atomic mass is 10.2. The van der Waals surface area contributed by atoms with Gasteiger partial charge in [-0.15, -0.1) is 0 Å². The van der Waals surface area contributed by atoms with Gasteiger partial charge in [-0.1, -0.05) is 12.1 Å². The SMILES string of the molecule is Nc1cn2ccnc2c(N2CCCOc3ccccc32)n1. The number of nitrogens with two attached hydrogens (primary N) is 1. The number of rotatable bonds is 1. The van der Waals surface area contributed by atoms with Crippen molar-refractivity contribution in [1.82, 2.24) is 14.4 Å². The molecule has 21 heavy (non-hydrogen) atoms. The third kappa shape index (κ3) is 1.96. The van der Waals surface area contributed by atoms with Gasteiger partial charge in [0.25, 0.3) is 0 Å². The number of hydrogen-bond acceptors (Lipinski definition) is 5. The van der Waals surface area contributed by atoms with Gasteiger partial charge in [0.05, 0.1) is 18.5 Å². The van der Waals surface area contributed by atoms with Crippen LogP contribution >= 0.6 is 0 Å². The highest BCUT2D eigenvalue weighted by Crippen LogP contribution is 2.36. The molecule has 2 aromatic heterocycles. The van der Waals surface area contributed by atoms with Crippen LogP contribution in [0.2, 0.25) is 0 Å². The van der Waals surface area contributed by atoms with E-state index in [1.165, 1.54) is 0 Å². The van der Waals surface area contributed by atoms with Crippen LogP contribution in [-0.2, 0) is 0 Å². The molecular formula is C15H15N5O. The number of nitrogens with zero attached hydrogens (tertiary/aromatic N) is 4. The van der Waals surface area contributed by atoms with E-state index in [0.29, 0.717) is 12.4 Å². The van der Waals surface area contributed by atoms with E-state index in [0.717, 1.165) is 35.9 Å². The Hall–Kier alpha value is -2.76. The van der Waals surface area contributed by atoms with E-state index in [9.17, 15) is 0 Å². The quantitative estimate of drug-likeness (QED) is 0.740. The van der Waals surface area contributed by atoms with Crippen molar-refractivity contribution in [3.63, 3.8) is 0 Å². The molecule has 0 radical (unpaired) electrons. The molecule has 0 amide bonds. The van der Waals surface area contributed by atoms with Gasteiger partial charge in [-0.05, 0) is 18.6 Å². The van der Waals surface area contributed by atoms with Crippen LogP contribution in [0, 0.1) is 0 Å². The molecule has 0 aliphatic carbocycles. The fraction of sp³-hybridized carbons (Fsp3) is 0.200. The number of benzene rings is 1. The molecule has 0 fully saturated rings. The summed E-state index contributed by atoms with van der Waals surface area (Å²) in [4.78, 5) is 11.0. The minimum atomic E-state index is 0.471. The maximum absolute atomic E-state index is 5.93. The van der Waals surface area contributed by atoms with Gasteiger partial charge in [0.1, 0.15) is 11.6 Å². The van der Waals surface area contributed by atoms with Gasteiger partial charge in [-0.2, -0.15) is 0 Å². The molecule has 4 rings (SSSR count). The minimum absolute atomic E-state index is 0.471. The summed E-state index contributed by atoms with van der Waals surface area (Å²) in [6.45, 7) is 1.51. The fourth-order valence-corrected chi connectivity index (χ4v) is 2.66. The second-order valence-corrected chi connectivity index (χ2v) is 4.97. The van der Waals surface area contributed by atoms with Crippen molar-refractivity contribution in [3.8, 4) is 5.75 Å². The maximum Gasteiger partial charge on any atom is 0.180 e. The molecule has 1 aliphatic heterocycles. The number of imidazole rings is 1. The Morgan fingerprint density at radius 1 is 1.24 bits per heavy atom. The molecule has 3 heterocycles. The van der Waals surface area contributed by atoms with E-state index in [2.05, 4.69) is 14.9 Å². The molecule has 0 bridgehead atoms. The van der Waals surface area contributed by atoms with E-state index >= 15 is 0 Å². The van der Waals surface area contributed by atoms with Gasteiger partial charge in [-0.3, -0.25) is 0 Å². The second-order valence-electron chi connectivity index (χ2n) is 4.97. The molecule has 1 aromatic carbocycles. The van der Waals surface area contributed by atoms with E-state index in [1.807, 2.05) is 34.9 Å². The molecule has 0 spiro atoms. The van der Waals surface area contributed by atoms with Crippen molar-refractivity contribution in [1.29, 1.82) is 0 Å². The number of aromatic nitrogens is 3. The van der Waals surface area contributed by atoms with Gasteiger partial charge in [0.15, 0.2) is 11.5 Å². The summed E-state index contributed by atoms with van der Waals surface area (Å²) in [6, 6.07) is 7.98. The lowest BCUT2D eigenvalue weighted by Gasteiger charge is -2.23. The van der Waals surface area contributed by atoms with E-state index < -0.39 is 0 Å². The van der Waals surface area contributed by atoms with Crippen LogP contribution in [0.25, 0.3) is 5.65 Å². The summed E-state index contributed by atoms with van der Waals surface area (Å²) >= 11 is 0. The minimum Gasteiger partial charge on any atom is -0.491 e. The molecule has 0 unspecified atom stereocenters. The lowest BCUT2D eigenvalue weighted by Crippen LogP contribution is -2.20. The van der Waals surface area contributed by atoms with Crippen LogP contribution < -0.4 is 15.4 Å². The monoisotopic (exact) mass is 281 g/mol. The first-order chi connectivity index (χ1) is 10.3. The Morgan fingerprint density at radius 3 is 3.10 bits per heavy atom. The molecule has 6 heteroatoms. The van der Waals surface area contributed by atoms with Crippen LogP contribution in [0.5, 0.6) is 5.75 Å². The molecule has 2 N–H and O–H groups in total. The topological polar surface area (TPSA) is 68.7 Å². The normalized spacial score (nSPS) is 14.6. The zero-order chi connectivity index (χ0) is 14.2. The standard InChI is InChI=1S/C15H15N5O/c16-13-10-19-8-6-17-14(19)15(18-13)20-7-3-9-21-12-5-2-1-4-11(12)20/h1-2,4-6,8,10H,3,7,9,16H2. The van der Waals surface area contributed by atoms with E-state index in [-0.39, 0.29) is 0 Å². The zero-order valence-corrected chi connectivity index (χ0v) is 11.4. The summed E-state index contributed by atoms with van der Waals surface area (Å²) in [7, 11) is 0. The number of nitrogen functional groups attached to an aromatic ring is 1. The molecule has 1 aliphatic rings. The van der Waals surface area contributed by atoms with E-state index in [1.54, 1.807) is 12.4 Å². The van der Waals surface area contributed by atoms with Crippen LogP contribution in [0.3, 0.4) is 0 Å². The van der Waals surface area contributed by atoms with Crippen molar-refractivity contribution in [2.45, 2.75) is 6.42 Å². The third-order valence-corrected chi connectivity index (χ3v) is 3.57. The molecule has 0 atom stereocenters. The molecule has 106 valence electrons. The summed E-state index contributed by atoms with van der Waals surface area (Å²) in [6.07, 6.45) is 6.31. The number of fused-ring (bicyclic) bond motifs is 2. The molecule has 3 aromatic rings. The van der Waals surface area contributed by atoms with Gasteiger partial charge in [-0.25, -0.2) is 9.97 Å². The smallest absolute Gasteiger partial charge is 0.180 e. The number of ether oxygens (including phenoxy) is 1. The van der Waals surface area contributed by atoms with Crippen LogP contribution in [-0.4, -0.2) is 27.5 Å². The van der Waals surface area contributed by atoms with Gasteiger partial charge in [0, 0.05) is 18.9 Å². The average molecular weight is 281 g/mol. The second kappa shape index (κ2) is 4.66. The summed E-state index contributed by atoms with van der Waals surface area (Å²) in [5.74, 6) is 2.10. The molecule has 0 saturated heterocycles. The number of anilines is 3. The van der Waals surface area contributed by atoms with Crippen molar-refractivity contribution < 1.29 is 4.74 Å². The third-order valence-electron chi connectivity index (χ3n) is 3.57. The lowest BCUT2D eigenvalue weighted by molar-refractivity contribution is 0.322. The van der Waals surface area contributed by atoms with Crippen LogP contribution in [0.4, 0.5) is 17.3 Å². The predicted molar refractivity (Wildman–Crippen MR) is 81.0 cm³/mol. The Kier molecular flexibility index (Phi) is 2.67. The van der Waals surface area contributed by atoms with Crippen molar-refractivity contribution in [3.05, 3.63) is 42.9 Å². The Bertz CT molecular complexity index is 798. The van der Waals surface area contributed by atoms with Gasteiger partial charge in [0.2, 0.25) is 0 Å². The van der Waals surface area contributed by atoms with Crippen molar-refractivity contribution in [2.24, 2.45) is 0 Å². The number of hydrogen-bond donors (Lipinski definition) is 1. The predicted octanol–water partition coefficient (Wildman–Crippen LogP) is 2.23. The van der Waals surface area contributed by atoms with Crippen LogP contribution in [0.15, 0.2) is 42.9 Å². The maximum atomic E-state index is 5.93. The Balaban J connectivity index is 1.94. The van der Waals surface area contributed by atoms with Gasteiger partial charge < -0.3 is 19.8 Å². The van der Waals surface area contributed by atoms with Crippen molar-refractivity contribution in [2.75, 3.05) is 23.8 Å². The summed E-state index contributed by atoms with van der Waals surface area (Å²) < 4.78 is 7.69. The molecule has 6 nitrogen and oxygen atoms in total. The fourth-order valence-electron chi connectivity index (χ4n) is 2.66. The van der Waals surface area contributed by atoms with Crippen molar-refractivity contribution >= 4 is 23.0 Å². The first kappa shape index (κ1) is 12.0. The molecule has 0 saturated carbocycles. The first-order valence-electron chi connectivity index (χ1n) is 6.91. The van der Waals surface area contributed by atoms with Crippen LogP contribution in [0.1, 0.15) is 6.42 Å². The zero-order valence-electron chi connectivity index (χ0n) is 11.4. The largest absolute Gasteiger partial charge is 0.491 e. The summed E-state index contributed by atoms with van der Waals surface area (Å²) in [5.41, 5.74) is 7.72. The average Bonchev–Trinajstić information content (AvgIpc) is 2.85. The highest BCUT2D eigenvalue weighted by atomic mass is 16.5. The number of para-hydroxylation sites is 2. The highest BCUT2D eigenvalue weighted by molar-refractivity contribution is 5.76. The summed E-state index contributed by atoms with van der Waals surface area (Å²) in [5, 5.41) is 0. The highest BCUT2D eigenvalue weighted by Gasteiger charge is 2.21. The molecular weight excluding hydrogens is 266 g/mol. The first-order valence-corrected chi connectivity index (χ1v) is 6.91.